The van der Waals surface area contributed by atoms with Gasteiger partial charge in [-0.25, -0.2) is 8.42 Å². The Labute approximate surface area is 129 Å². The summed E-state index contributed by atoms with van der Waals surface area (Å²) >= 11 is 0. The molecule has 22 heavy (non-hydrogen) atoms. The Kier molecular flexibility index (Phi) is 4.85. The predicted octanol–water partition coefficient (Wildman–Crippen LogP) is 1.42. The number of piperidine rings is 1. The van der Waals surface area contributed by atoms with Crippen molar-refractivity contribution < 1.29 is 23.1 Å². The van der Waals surface area contributed by atoms with E-state index in [2.05, 4.69) is 0 Å². The molecule has 0 spiro atoms. The highest BCUT2D eigenvalue weighted by molar-refractivity contribution is 7.91. The summed E-state index contributed by atoms with van der Waals surface area (Å²) in [6, 6.07) is 6.01. The van der Waals surface area contributed by atoms with Crippen LogP contribution in [0.5, 0.6) is 0 Å². The lowest BCUT2D eigenvalue weighted by Gasteiger charge is -2.30. The summed E-state index contributed by atoms with van der Waals surface area (Å²) in [6.07, 6.45) is 0.849. The van der Waals surface area contributed by atoms with Crippen LogP contribution in [0.4, 0.5) is 0 Å². The molecule has 6 nitrogen and oxygen atoms in total. The normalized spacial score (nSPS) is 16.5. The first-order valence-electron chi connectivity index (χ1n) is 7.20. The number of carboxylic acid groups (broad SMARTS) is 1. The zero-order valence-electron chi connectivity index (χ0n) is 12.4. The molecule has 1 aromatic carbocycles. The minimum Gasteiger partial charge on any atom is -0.481 e. The number of nitrogens with zero attached hydrogens (tertiary/aromatic N) is 1. The lowest BCUT2D eigenvalue weighted by molar-refractivity contribution is -0.143. The van der Waals surface area contributed by atoms with Crippen molar-refractivity contribution in [1.29, 1.82) is 0 Å². The molecule has 0 atom stereocenters. The molecule has 1 heterocycles. The molecular formula is C15H19NO5S. The lowest BCUT2D eigenvalue weighted by atomic mass is 9.96. The van der Waals surface area contributed by atoms with Crippen LogP contribution < -0.4 is 0 Å². The van der Waals surface area contributed by atoms with Crippen molar-refractivity contribution in [3.63, 3.8) is 0 Å². The number of carbonyl (C=O) groups excluding carboxylic acids is 1. The van der Waals surface area contributed by atoms with Crippen molar-refractivity contribution in [3.05, 3.63) is 29.8 Å². The van der Waals surface area contributed by atoms with Gasteiger partial charge in [0.1, 0.15) is 0 Å². The molecule has 0 aliphatic carbocycles. The van der Waals surface area contributed by atoms with Crippen molar-refractivity contribution in [2.45, 2.75) is 24.7 Å². The van der Waals surface area contributed by atoms with Crippen molar-refractivity contribution in [2.75, 3.05) is 18.8 Å². The van der Waals surface area contributed by atoms with Crippen molar-refractivity contribution in [1.82, 2.24) is 4.90 Å². The minimum atomic E-state index is -3.35. The molecule has 1 saturated heterocycles. The highest BCUT2D eigenvalue weighted by Crippen LogP contribution is 2.20. The number of benzene rings is 1. The molecule has 1 aliphatic heterocycles. The summed E-state index contributed by atoms with van der Waals surface area (Å²) in [5, 5.41) is 8.96. The molecule has 1 aromatic rings. The van der Waals surface area contributed by atoms with E-state index in [1.165, 1.54) is 12.1 Å². The maximum atomic E-state index is 12.4. The lowest BCUT2D eigenvalue weighted by Crippen LogP contribution is -2.40. The fraction of sp³-hybridized carbons (Fsp3) is 0.467. The van der Waals surface area contributed by atoms with Crippen molar-refractivity contribution >= 4 is 21.7 Å². The molecule has 1 aliphatic rings. The van der Waals surface area contributed by atoms with Gasteiger partial charge in [-0.3, -0.25) is 9.59 Å². The third-order valence-corrected chi connectivity index (χ3v) is 5.68. The summed E-state index contributed by atoms with van der Waals surface area (Å²) in [4.78, 5) is 25.1. The van der Waals surface area contributed by atoms with Crippen LogP contribution in [0.1, 0.15) is 30.1 Å². The molecule has 0 saturated carbocycles. The number of amides is 1. The smallest absolute Gasteiger partial charge is 0.306 e. The average Bonchev–Trinajstić information content (AvgIpc) is 2.54. The molecule has 1 N–H and O–H groups in total. The fourth-order valence-corrected chi connectivity index (χ4v) is 3.43. The number of hydrogen-bond acceptors (Lipinski definition) is 4. The second-order valence-electron chi connectivity index (χ2n) is 5.34. The van der Waals surface area contributed by atoms with Gasteiger partial charge in [-0.05, 0) is 31.0 Å². The number of rotatable bonds is 4. The molecule has 1 amide bonds. The number of hydrogen-bond donors (Lipinski definition) is 1. The van der Waals surface area contributed by atoms with Crippen molar-refractivity contribution in [3.8, 4) is 0 Å². The van der Waals surface area contributed by atoms with Crippen LogP contribution in [0.25, 0.3) is 0 Å². The van der Waals surface area contributed by atoms with Gasteiger partial charge in [0.25, 0.3) is 5.91 Å². The Balaban J connectivity index is 2.14. The van der Waals surface area contributed by atoms with E-state index in [1.807, 2.05) is 0 Å². The summed E-state index contributed by atoms with van der Waals surface area (Å²) in [6.45, 7) is 2.31. The van der Waals surface area contributed by atoms with E-state index < -0.39 is 21.7 Å². The Morgan fingerprint density at radius 1 is 1.27 bits per heavy atom. The standard InChI is InChI=1S/C15H19NO5S/c1-2-22(20,21)13-5-3-4-12(10-13)14(17)16-8-6-11(7-9-16)15(18)19/h3-5,10-11H,2,6-9H2,1H3,(H,18,19). The van der Waals surface area contributed by atoms with Crippen LogP contribution in [0, 0.1) is 5.92 Å². The molecule has 0 unspecified atom stereocenters. The third-order valence-electron chi connectivity index (χ3n) is 3.95. The summed E-state index contributed by atoms with van der Waals surface area (Å²) in [5.41, 5.74) is 0.323. The average molecular weight is 325 g/mol. The Morgan fingerprint density at radius 2 is 1.91 bits per heavy atom. The molecule has 7 heteroatoms. The van der Waals surface area contributed by atoms with Gasteiger partial charge in [0, 0.05) is 18.7 Å². The molecule has 1 fully saturated rings. The SMILES string of the molecule is CCS(=O)(=O)c1cccc(C(=O)N2CCC(C(=O)O)CC2)c1. The van der Waals surface area contributed by atoms with E-state index in [9.17, 15) is 18.0 Å². The zero-order chi connectivity index (χ0) is 16.3. The minimum absolute atomic E-state index is 0.0192. The highest BCUT2D eigenvalue weighted by Gasteiger charge is 2.27. The maximum absolute atomic E-state index is 12.4. The number of likely N-dealkylation sites (tertiary alicyclic amines) is 1. The van der Waals surface area contributed by atoms with E-state index >= 15 is 0 Å². The van der Waals surface area contributed by atoms with Gasteiger partial charge in [-0.1, -0.05) is 13.0 Å². The van der Waals surface area contributed by atoms with E-state index in [0.717, 1.165) is 0 Å². The number of carbonyl (C=O) groups is 2. The first-order chi connectivity index (χ1) is 10.3. The van der Waals surface area contributed by atoms with Gasteiger partial charge in [0.2, 0.25) is 0 Å². The molecule has 2 rings (SSSR count). The molecular weight excluding hydrogens is 306 g/mol. The first kappa shape index (κ1) is 16.5. The van der Waals surface area contributed by atoms with Gasteiger partial charge >= 0.3 is 5.97 Å². The van der Waals surface area contributed by atoms with Crippen LogP contribution in [0.15, 0.2) is 29.2 Å². The predicted molar refractivity (Wildman–Crippen MR) is 80.4 cm³/mol. The Bertz CT molecular complexity index is 675. The molecule has 0 bridgehead atoms. The second-order valence-corrected chi connectivity index (χ2v) is 7.61. The first-order valence-corrected chi connectivity index (χ1v) is 8.85. The van der Waals surface area contributed by atoms with E-state index in [-0.39, 0.29) is 16.6 Å². The van der Waals surface area contributed by atoms with E-state index in [0.29, 0.717) is 31.5 Å². The maximum Gasteiger partial charge on any atom is 0.306 e. The van der Waals surface area contributed by atoms with Gasteiger partial charge in [-0.15, -0.1) is 0 Å². The van der Waals surface area contributed by atoms with Gasteiger partial charge < -0.3 is 10.0 Å². The molecule has 120 valence electrons. The van der Waals surface area contributed by atoms with Gasteiger partial charge in [-0.2, -0.15) is 0 Å². The van der Waals surface area contributed by atoms with E-state index in [1.54, 1.807) is 24.0 Å². The van der Waals surface area contributed by atoms with Crippen LogP contribution in [0.2, 0.25) is 0 Å². The number of sulfone groups is 1. The van der Waals surface area contributed by atoms with E-state index in [4.69, 9.17) is 5.11 Å². The second kappa shape index (κ2) is 6.48. The summed E-state index contributed by atoms with van der Waals surface area (Å²) in [5.74, 6) is -1.51. The Morgan fingerprint density at radius 3 is 2.45 bits per heavy atom. The quantitative estimate of drug-likeness (QED) is 0.904. The number of aliphatic carboxylic acids is 1. The molecule has 0 aromatic heterocycles. The van der Waals surface area contributed by atoms with Gasteiger partial charge in [0.05, 0.1) is 16.6 Å². The number of carboxylic acids is 1. The fourth-order valence-electron chi connectivity index (χ4n) is 2.50. The van der Waals surface area contributed by atoms with Gasteiger partial charge in [0.15, 0.2) is 9.84 Å². The zero-order valence-corrected chi connectivity index (χ0v) is 13.2. The van der Waals surface area contributed by atoms with Crippen LogP contribution in [-0.4, -0.2) is 49.1 Å². The highest BCUT2D eigenvalue weighted by atomic mass is 32.2. The molecule has 0 radical (unpaired) electrons. The van der Waals surface area contributed by atoms with Crippen LogP contribution in [-0.2, 0) is 14.6 Å². The monoisotopic (exact) mass is 325 g/mol. The summed E-state index contributed by atoms with van der Waals surface area (Å²) < 4.78 is 23.8. The van der Waals surface area contributed by atoms with Crippen LogP contribution in [0.3, 0.4) is 0 Å². The largest absolute Gasteiger partial charge is 0.481 e. The van der Waals surface area contributed by atoms with Crippen LogP contribution >= 0.6 is 0 Å². The van der Waals surface area contributed by atoms with Crippen molar-refractivity contribution in [2.24, 2.45) is 5.92 Å². The summed E-state index contributed by atoms with van der Waals surface area (Å²) in [7, 11) is -3.35. The third kappa shape index (κ3) is 3.47. The Hall–Kier alpha value is -1.89. The topological polar surface area (TPSA) is 91.8 Å².